The molecule has 9 nitrogen and oxygen atoms in total. The molecule has 9 heteroatoms. The Hall–Kier alpha value is -3.59. The normalized spacial score (nSPS) is 23.1. The van der Waals surface area contributed by atoms with Crippen LogP contribution in [0.5, 0.6) is 0 Å². The lowest BCUT2D eigenvalue weighted by Crippen LogP contribution is -2.53. The third-order valence-corrected chi connectivity index (χ3v) is 7.21. The number of methoxy groups -OCH3 is 1. The zero-order valence-electron chi connectivity index (χ0n) is 19.0. The van der Waals surface area contributed by atoms with Crippen molar-refractivity contribution < 1.29 is 19.1 Å². The Morgan fingerprint density at radius 3 is 2.56 bits per heavy atom. The molecule has 0 bridgehead atoms. The van der Waals surface area contributed by atoms with Gasteiger partial charge in [0, 0.05) is 44.7 Å². The second kappa shape index (κ2) is 8.98. The van der Waals surface area contributed by atoms with Crippen molar-refractivity contribution in [3.8, 4) is 0 Å². The second-order valence-corrected chi connectivity index (χ2v) is 8.95. The number of amides is 3. The van der Waals surface area contributed by atoms with Gasteiger partial charge in [0.2, 0.25) is 5.91 Å². The zero-order valence-corrected chi connectivity index (χ0v) is 19.0. The summed E-state index contributed by atoms with van der Waals surface area (Å²) in [5.41, 5.74) is 5.02. The third-order valence-electron chi connectivity index (χ3n) is 7.21. The number of aromatic nitrogens is 1. The summed E-state index contributed by atoms with van der Waals surface area (Å²) in [6, 6.07) is 13.0. The summed E-state index contributed by atoms with van der Waals surface area (Å²) in [6.45, 7) is 1.09. The lowest BCUT2D eigenvalue weighted by molar-refractivity contribution is -0.127. The Morgan fingerprint density at radius 1 is 1.12 bits per heavy atom. The highest BCUT2D eigenvalue weighted by Crippen LogP contribution is 2.52. The SMILES string of the molecule is CO[C@@H]1[C@@H](NC(=O)c2ccccn2)c2ccccc2C12CCN(C(=O)C1=NNC(=O)CC1)CC2. The first-order chi connectivity index (χ1) is 16.5. The topological polar surface area (TPSA) is 113 Å². The van der Waals surface area contributed by atoms with Gasteiger partial charge in [-0.25, -0.2) is 5.43 Å². The van der Waals surface area contributed by atoms with Crippen molar-refractivity contribution in [2.45, 2.75) is 43.2 Å². The minimum atomic E-state index is -0.327. The molecule has 2 atom stereocenters. The molecule has 1 fully saturated rings. The number of piperidine rings is 1. The lowest BCUT2D eigenvalue weighted by atomic mass is 9.71. The summed E-state index contributed by atoms with van der Waals surface area (Å²) in [4.78, 5) is 43.3. The van der Waals surface area contributed by atoms with E-state index in [1.165, 1.54) is 0 Å². The monoisotopic (exact) mass is 461 g/mol. The number of fused-ring (bicyclic) bond motifs is 2. The molecule has 1 spiro atoms. The van der Waals surface area contributed by atoms with Crippen molar-refractivity contribution in [1.29, 1.82) is 0 Å². The van der Waals surface area contributed by atoms with Crippen LogP contribution in [0.25, 0.3) is 0 Å². The van der Waals surface area contributed by atoms with Crippen molar-refractivity contribution in [2.75, 3.05) is 20.2 Å². The number of ether oxygens (including phenoxy) is 1. The van der Waals surface area contributed by atoms with Crippen molar-refractivity contribution in [2.24, 2.45) is 5.10 Å². The van der Waals surface area contributed by atoms with Crippen LogP contribution in [-0.2, 0) is 19.7 Å². The Morgan fingerprint density at radius 2 is 1.88 bits per heavy atom. The van der Waals surface area contributed by atoms with Gasteiger partial charge in [-0.15, -0.1) is 0 Å². The fourth-order valence-electron chi connectivity index (χ4n) is 5.56. The number of hydrogen-bond acceptors (Lipinski definition) is 6. The predicted octanol–water partition coefficient (Wildman–Crippen LogP) is 1.71. The molecule has 3 heterocycles. The van der Waals surface area contributed by atoms with E-state index < -0.39 is 0 Å². The first-order valence-electron chi connectivity index (χ1n) is 11.5. The maximum atomic E-state index is 13.0. The summed E-state index contributed by atoms with van der Waals surface area (Å²) in [5.74, 6) is -0.544. The summed E-state index contributed by atoms with van der Waals surface area (Å²) in [6.07, 6.45) is 3.35. The smallest absolute Gasteiger partial charge is 0.270 e. The number of nitrogens with one attached hydrogen (secondary N) is 2. The van der Waals surface area contributed by atoms with E-state index in [-0.39, 0.29) is 41.7 Å². The van der Waals surface area contributed by atoms with E-state index in [0.717, 1.165) is 11.1 Å². The second-order valence-electron chi connectivity index (χ2n) is 8.95. The molecule has 1 aromatic carbocycles. The van der Waals surface area contributed by atoms with Crippen LogP contribution in [0, 0.1) is 0 Å². The number of hydrogen-bond donors (Lipinski definition) is 2. The van der Waals surface area contributed by atoms with Crippen molar-refractivity contribution in [1.82, 2.24) is 20.6 Å². The highest BCUT2D eigenvalue weighted by Gasteiger charge is 2.54. The van der Waals surface area contributed by atoms with Crippen molar-refractivity contribution >= 4 is 23.4 Å². The number of benzene rings is 1. The molecule has 0 radical (unpaired) electrons. The molecule has 0 saturated carbocycles. The molecular formula is C25H27N5O4. The number of pyridine rings is 1. The quantitative estimate of drug-likeness (QED) is 0.720. The van der Waals surface area contributed by atoms with Crippen LogP contribution in [0.1, 0.15) is 53.3 Å². The summed E-state index contributed by atoms with van der Waals surface area (Å²) in [7, 11) is 1.68. The van der Waals surface area contributed by atoms with Crippen LogP contribution in [0.2, 0.25) is 0 Å². The Bertz CT molecular complexity index is 1140. The number of hydrazone groups is 1. The molecule has 2 aliphatic heterocycles. The van der Waals surface area contributed by atoms with E-state index in [2.05, 4.69) is 26.9 Å². The molecule has 176 valence electrons. The molecular weight excluding hydrogens is 434 g/mol. The van der Waals surface area contributed by atoms with Crippen LogP contribution in [0.15, 0.2) is 53.8 Å². The van der Waals surface area contributed by atoms with Crippen LogP contribution in [-0.4, -0.2) is 59.6 Å². The molecule has 2 aromatic rings. The summed E-state index contributed by atoms with van der Waals surface area (Å²) < 4.78 is 6.05. The van der Waals surface area contributed by atoms with Gasteiger partial charge >= 0.3 is 0 Å². The van der Waals surface area contributed by atoms with E-state index in [1.54, 1.807) is 36.4 Å². The largest absolute Gasteiger partial charge is 0.378 e. The van der Waals surface area contributed by atoms with Gasteiger partial charge in [0.1, 0.15) is 11.4 Å². The number of likely N-dealkylation sites (tertiary alicyclic amines) is 1. The van der Waals surface area contributed by atoms with Crippen molar-refractivity contribution in [3.63, 3.8) is 0 Å². The van der Waals surface area contributed by atoms with Gasteiger partial charge in [-0.3, -0.25) is 19.4 Å². The van der Waals surface area contributed by atoms with Crippen LogP contribution in [0.3, 0.4) is 0 Å². The number of carbonyl (C=O) groups excluding carboxylic acids is 3. The zero-order chi connectivity index (χ0) is 23.7. The van der Waals surface area contributed by atoms with E-state index in [0.29, 0.717) is 43.8 Å². The number of rotatable bonds is 4. The van der Waals surface area contributed by atoms with E-state index in [1.807, 2.05) is 18.2 Å². The molecule has 3 amide bonds. The molecule has 3 aliphatic rings. The fraction of sp³-hybridized carbons (Fsp3) is 0.400. The molecule has 1 saturated heterocycles. The average molecular weight is 462 g/mol. The van der Waals surface area contributed by atoms with Gasteiger partial charge in [0.25, 0.3) is 11.8 Å². The Labute approximate surface area is 197 Å². The van der Waals surface area contributed by atoms with E-state index in [4.69, 9.17) is 4.74 Å². The van der Waals surface area contributed by atoms with Gasteiger partial charge in [-0.2, -0.15) is 5.10 Å². The van der Waals surface area contributed by atoms with Crippen LogP contribution < -0.4 is 10.7 Å². The van der Waals surface area contributed by atoms with E-state index >= 15 is 0 Å². The third kappa shape index (κ3) is 3.75. The van der Waals surface area contributed by atoms with Gasteiger partial charge in [-0.1, -0.05) is 30.3 Å². The Balaban J connectivity index is 1.38. The van der Waals surface area contributed by atoms with Gasteiger partial charge in [-0.05, 0) is 36.1 Å². The highest BCUT2D eigenvalue weighted by molar-refractivity contribution is 6.39. The number of carbonyl (C=O) groups is 3. The fourth-order valence-corrected chi connectivity index (χ4v) is 5.56. The summed E-state index contributed by atoms with van der Waals surface area (Å²) >= 11 is 0. The van der Waals surface area contributed by atoms with Gasteiger partial charge in [0.15, 0.2) is 0 Å². The first-order valence-corrected chi connectivity index (χ1v) is 11.5. The minimum Gasteiger partial charge on any atom is -0.378 e. The number of nitrogens with zero attached hydrogens (tertiary/aromatic N) is 3. The highest BCUT2D eigenvalue weighted by atomic mass is 16.5. The predicted molar refractivity (Wildman–Crippen MR) is 124 cm³/mol. The van der Waals surface area contributed by atoms with Gasteiger partial charge < -0.3 is 15.0 Å². The molecule has 0 unspecified atom stereocenters. The Kier molecular flexibility index (Phi) is 5.87. The van der Waals surface area contributed by atoms with Crippen LogP contribution >= 0.6 is 0 Å². The lowest BCUT2D eigenvalue weighted by Gasteiger charge is -2.44. The van der Waals surface area contributed by atoms with Gasteiger partial charge in [0.05, 0.1) is 12.1 Å². The minimum absolute atomic E-state index is 0.130. The molecule has 1 aromatic heterocycles. The summed E-state index contributed by atoms with van der Waals surface area (Å²) in [5, 5.41) is 7.11. The van der Waals surface area contributed by atoms with Crippen molar-refractivity contribution in [3.05, 3.63) is 65.5 Å². The maximum absolute atomic E-state index is 13.0. The maximum Gasteiger partial charge on any atom is 0.270 e. The molecule has 1 aliphatic carbocycles. The first kappa shape index (κ1) is 22.2. The molecule has 5 rings (SSSR count). The molecule has 34 heavy (non-hydrogen) atoms. The molecule has 2 N–H and O–H groups in total. The van der Waals surface area contributed by atoms with E-state index in [9.17, 15) is 14.4 Å². The standard InChI is InChI=1S/C25H27N5O4/c1-34-22-21(27-23(32)18-8-4-5-13-26-18)16-6-2-3-7-17(16)25(22)11-14-30(15-12-25)24(33)19-9-10-20(31)29-28-19/h2-8,13,21-22H,9-12,14-15H2,1H3,(H,27,32)(H,29,31)/t21-,22+/m0/s1. The average Bonchev–Trinajstić information content (AvgIpc) is 3.13. The van der Waals surface area contributed by atoms with Crippen LogP contribution in [0.4, 0.5) is 0 Å².